The van der Waals surface area contributed by atoms with Gasteiger partial charge in [0, 0.05) is 13.0 Å². The Kier molecular flexibility index (Phi) is 3.31. The molecule has 1 aromatic carbocycles. The Hall–Kier alpha value is -1.68. The molecule has 4 heteroatoms. The number of nitrogens with zero attached hydrogens (tertiary/aromatic N) is 3. The number of likely N-dealkylation sites (N-methyl/N-ethyl adjacent to an activating group) is 1. The summed E-state index contributed by atoms with van der Waals surface area (Å²) in [6, 6.07) is 10.1. The summed E-state index contributed by atoms with van der Waals surface area (Å²) in [7, 11) is 1.93. The van der Waals surface area contributed by atoms with Crippen molar-refractivity contribution in [3.05, 3.63) is 42.0 Å². The van der Waals surface area contributed by atoms with Crippen molar-refractivity contribution in [2.45, 2.75) is 13.3 Å². The zero-order chi connectivity index (χ0) is 11.4. The Morgan fingerprint density at radius 1 is 1.25 bits per heavy atom. The van der Waals surface area contributed by atoms with E-state index in [1.807, 2.05) is 49.0 Å². The predicted molar refractivity (Wildman–Crippen MR) is 63.7 cm³/mol. The molecule has 2 rings (SSSR count). The topological polar surface area (TPSA) is 42.7 Å². The summed E-state index contributed by atoms with van der Waals surface area (Å²) < 4.78 is 1.88. The number of aromatic nitrogens is 3. The van der Waals surface area contributed by atoms with Gasteiger partial charge in [-0.15, -0.1) is 0 Å². The van der Waals surface area contributed by atoms with Gasteiger partial charge in [-0.25, -0.2) is 9.67 Å². The normalized spacial score (nSPS) is 10.6. The van der Waals surface area contributed by atoms with Crippen molar-refractivity contribution in [3.8, 4) is 5.69 Å². The van der Waals surface area contributed by atoms with Crippen molar-refractivity contribution in [2.75, 3.05) is 13.6 Å². The van der Waals surface area contributed by atoms with E-state index >= 15 is 0 Å². The second-order valence-corrected chi connectivity index (χ2v) is 3.68. The van der Waals surface area contributed by atoms with Crippen LogP contribution in [-0.4, -0.2) is 28.4 Å². The molecule has 4 nitrogen and oxygen atoms in total. The summed E-state index contributed by atoms with van der Waals surface area (Å²) in [5, 5.41) is 7.58. The second kappa shape index (κ2) is 4.90. The van der Waals surface area contributed by atoms with Crippen LogP contribution in [0.1, 0.15) is 11.6 Å². The molecule has 1 heterocycles. The molecular formula is C12H16N4. The molecule has 0 saturated carbocycles. The summed E-state index contributed by atoms with van der Waals surface area (Å²) in [6.45, 7) is 2.88. The molecular weight excluding hydrogens is 200 g/mol. The van der Waals surface area contributed by atoms with Gasteiger partial charge in [0.1, 0.15) is 5.82 Å². The van der Waals surface area contributed by atoms with E-state index in [-0.39, 0.29) is 0 Å². The van der Waals surface area contributed by atoms with E-state index in [0.717, 1.165) is 30.3 Å². The number of rotatable bonds is 4. The minimum Gasteiger partial charge on any atom is -0.319 e. The molecule has 0 atom stereocenters. The summed E-state index contributed by atoms with van der Waals surface area (Å²) >= 11 is 0. The smallest absolute Gasteiger partial charge is 0.152 e. The quantitative estimate of drug-likeness (QED) is 0.838. The number of benzene rings is 1. The summed E-state index contributed by atoms with van der Waals surface area (Å²) in [5.74, 6) is 1.81. The molecule has 0 bridgehead atoms. The van der Waals surface area contributed by atoms with Gasteiger partial charge in [0.25, 0.3) is 0 Å². The first kappa shape index (κ1) is 10.8. The van der Waals surface area contributed by atoms with Crippen molar-refractivity contribution in [3.63, 3.8) is 0 Å². The van der Waals surface area contributed by atoms with E-state index in [4.69, 9.17) is 0 Å². The highest BCUT2D eigenvalue weighted by atomic mass is 15.3. The van der Waals surface area contributed by atoms with Crippen LogP contribution in [-0.2, 0) is 6.42 Å². The molecule has 0 saturated heterocycles. The van der Waals surface area contributed by atoms with Gasteiger partial charge in [-0.05, 0) is 26.1 Å². The lowest BCUT2D eigenvalue weighted by molar-refractivity contribution is 0.744. The fourth-order valence-corrected chi connectivity index (χ4v) is 1.60. The third-order valence-electron chi connectivity index (χ3n) is 2.41. The van der Waals surface area contributed by atoms with Crippen LogP contribution >= 0.6 is 0 Å². The fraction of sp³-hybridized carbons (Fsp3) is 0.333. The van der Waals surface area contributed by atoms with Crippen LogP contribution in [0.5, 0.6) is 0 Å². The van der Waals surface area contributed by atoms with Crippen LogP contribution in [0, 0.1) is 6.92 Å². The van der Waals surface area contributed by atoms with E-state index in [2.05, 4.69) is 15.4 Å². The van der Waals surface area contributed by atoms with Gasteiger partial charge in [-0.1, -0.05) is 18.2 Å². The van der Waals surface area contributed by atoms with Crippen LogP contribution in [0.3, 0.4) is 0 Å². The molecule has 84 valence electrons. The molecule has 0 aliphatic carbocycles. The van der Waals surface area contributed by atoms with Crippen molar-refractivity contribution < 1.29 is 0 Å². The average Bonchev–Trinajstić information content (AvgIpc) is 2.69. The lowest BCUT2D eigenvalue weighted by Gasteiger charge is -2.01. The Morgan fingerprint density at radius 2 is 2.00 bits per heavy atom. The number of nitrogens with one attached hydrogen (secondary N) is 1. The lowest BCUT2D eigenvalue weighted by atomic mass is 10.3. The van der Waals surface area contributed by atoms with Crippen LogP contribution in [0.25, 0.3) is 5.69 Å². The molecule has 0 radical (unpaired) electrons. The predicted octanol–water partition coefficient (Wildman–Crippen LogP) is 1.34. The summed E-state index contributed by atoms with van der Waals surface area (Å²) in [5.41, 5.74) is 1.06. The van der Waals surface area contributed by atoms with Gasteiger partial charge in [0.05, 0.1) is 5.69 Å². The van der Waals surface area contributed by atoms with Crippen LogP contribution in [0.15, 0.2) is 30.3 Å². The van der Waals surface area contributed by atoms with Crippen molar-refractivity contribution in [1.29, 1.82) is 0 Å². The molecule has 0 amide bonds. The summed E-state index contributed by atoms with van der Waals surface area (Å²) in [4.78, 5) is 4.44. The minimum atomic E-state index is 0.858. The van der Waals surface area contributed by atoms with Gasteiger partial charge < -0.3 is 5.32 Å². The molecule has 0 fully saturated rings. The van der Waals surface area contributed by atoms with Crippen molar-refractivity contribution in [2.24, 2.45) is 0 Å². The van der Waals surface area contributed by atoms with Crippen molar-refractivity contribution in [1.82, 2.24) is 20.1 Å². The third kappa shape index (κ3) is 2.28. The Balaban J connectivity index is 2.25. The van der Waals surface area contributed by atoms with E-state index < -0.39 is 0 Å². The van der Waals surface area contributed by atoms with Gasteiger partial charge in [-0.3, -0.25) is 0 Å². The second-order valence-electron chi connectivity index (χ2n) is 3.68. The van der Waals surface area contributed by atoms with Gasteiger partial charge in [-0.2, -0.15) is 5.10 Å². The van der Waals surface area contributed by atoms with Gasteiger partial charge in [0.2, 0.25) is 0 Å². The summed E-state index contributed by atoms with van der Waals surface area (Å²) in [6.07, 6.45) is 0.858. The molecule has 0 aliphatic rings. The number of hydrogen-bond acceptors (Lipinski definition) is 3. The molecule has 0 unspecified atom stereocenters. The maximum atomic E-state index is 4.48. The highest BCUT2D eigenvalue weighted by Gasteiger charge is 2.06. The number of aryl methyl sites for hydroxylation is 1. The Morgan fingerprint density at radius 3 is 2.69 bits per heavy atom. The SMILES string of the molecule is CNCCc1nc(C)n(-c2ccccc2)n1. The van der Waals surface area contributed by atoms with Crippen LogP contribution in [0.4, 0.5) is 0 Å². The van der Waals surface area contributed by atoms with Crippen molar-refractivity contribution >= 4 is 0 Å². The fourth-order valence-electron chi connectivity index (χ4n) is 1.60. The first-order valence-electron chi connectivity index (χ1n) is 5.44. The molecule has 0 aliphatic heterocycles. The third-order valence-corrected chi connectivity index (χ3v) is 2.41. The minimum absolute atomic E-state index is 0.858. The molecule has 16 heavy (non-hydrogen) atoms. The van der Waals surface area contributed by atoms with E-state index in [0.29, 0.717) is 0 Å². The standard InChI is InChI=1S/C12H16N4/c1-10-14-12(8-9-13-2)15-16(10)11-6-4-3-5-7-11/h3-7,13H,8-9H2,1-2H3. The van der Waals surface area contributed by atoms with Gasteiger partial charge >= 0.3 is 0 Å². The number of hydrogen-bond donors (Lipinski definition) is 1. The Bertz CT molecular complexity index is 447. The maximum absolute atomic E-state index is 4.48. The highest BCUT2D eigenvalue weighted by molar-refractivity contribution is 5.30. The maximum Gasteiger partial charge on any atom is 0.152 e. The molecule has 1 aromatic heterocycles. The van der Waals surface area contributed by atoms with E-state index in [1.54, 1.807) is 0 Å². The zero-order valence-electron chi connectivity index (χ0n) is 9.64. The van der Waals surface area contributed by atoms with Gasteiger partial charge in [0.15, 0.2) is 5.82 Å². The molecule has 1 N–H and O–H groups in total. The van der Waals surface area contributed by atoms with E-state index in [1.165, 1.54) is 0 Å². The molecule has 2 aromatic rings. The number of para-hydroxylation sites is 1. The highest BCUT2D eigenvalue weighted by Crippen LogP contribution is 2.08. The first-order valence-corrected chi connectivity index (χ1v) is 5.44. The van der Waals surface area contributed by atoms with Crippen LogP contribution in [0.2, 0.25) is 0 Å². The first-order chi connectivity index (χ1) is 7.81. The van der Waals surface area contributed by atoms with E-state index in [9.17, 15) is 0 Å². The Labute approximate surface area is 95.3 Å². The zero-order valence-corrected chi connectivity index (χ0v) is 9.64. The van der Waals surface area contributed by atoms with Crippen LogP contribution < -0.4 is 5.32 Å². The molecule has 0 spiro atoms. The lowest BCUT2D eigenvalue weighted by Crippen LogP contribution is -2.11. The monoisotopic (exact) mass is 216 g/mol. The largest absolute Gasteiger partial charge is 0.319 e. The average molecular weight is 216 g/mol.